The van der Waals surface area contributed by atoms with Crippen molar-refractivity contribution in [2.24, 2.45) is 11.7 Å². The lowest BCUT2D eigenvalue weighted by molar-refractivity contribution is 0.459. The molecule has 0 radical (unpaired) electrons. The molecule has 3 nitrogen and oxygen atoms in total. The zero-order valence-electron chi connectivity index (χ0n) is 10.5. The molecule has 2 rings (SSSR count). The van der Waals surface area contributed by atoms with Gasteiger partial charge in [-0.15, -0.1) is 0 Å². The summed E-state index contributed by atoms with van der Waals surface area (Å²) in [6.07, 6.45) is 2.46. The largest absolute Gasteiger partial charge is 0.377 e. The van der Waals surface area contributed by atoms with E-state index in [-0.39, 0.29) is 5.54 Å². The highest BCUT2D eigenvalue weighted by Crippen LogP contribution is 2.41. The van der Waals surface area contributed by atoms with Gasteiger partial charge >= 0.3 is 0 Å². The van der Waals surface area contributed by atoms with Crippen molar-refractivity contribution in [2.45, 2.75) is 32.2 Å². The van der Waals surface area contributed by atoms with Crippen LogP contribution >= 0.6 is 0 Å². The Morgan fingerprint density at radius 3 is 2.76 bits per heavy atom. The van der Waals surface area contributed by atoms with Crippen molar-refractivity contribution in [2.75, 3.05) is 11.9 Å². The molecule has 3 N–H and O–H groups in total. The molecule has 1 aromatic carbocycles. The van der Waals surface area contributed by atoms with E-state index >= 15 is 0 Å². The van der Waals surface area contributed by atoms with Gasteiger partial charge in [0.25, 0.3) is 0 Å². The number of nitrogens with two attached hydrogens (primary N) is 1. The maximum Gasteiger partial charge on any atom is 0.101 e. The number of benzene rings is 1. The van der Waals surface area contributed by atoms with Crippen molar-refractivity contribution < 1.29 is 0 Å². The predicted molar refractivity (Wildman–Crippen MR) is 69.7 cm³/mol. The Labute approximate surface area is 103 Å². The number of aryl methyl sites for hydroxylation is 1. The first kappa shape index (κ1) is 11.9. The van der Waals surface area contributed by atoms with E-state index in [0.29, 0.717) is 18.0 Å². The normalized spacial score (nSPS) is 18.2. The predicted octanol–water partition coefficient (Wildman–Crippen LogP) is 2.41. The molecular formula is C14H19N3. The minimum atomic E-state index is -0.0839. The van der Waals surface area contributed by atoms with Gasteiger partial charge in [-0.05, 0) is 50.3 Å². The molecule has 0 aliphatic heterocycles. The molecule has 1 aliphatic carbocycles. The van der Waals surface area contributed by atoms with Crippen molar-refractivity contribution in [3.05, 3.63) is 29.3 Å². The fourth-order valence-electron chi connectivity index (χ4n) is 2.21. The van der Waals surface area contributed by atoms with Crippen LogP contribution in [0, 0.1) is 24.2 Å². The van der Waals surface area contributed by atoms with Crippen molar-refractivity contribution in [3.63, 3.8) is 0 Å². The lowest BCUT2D eigenvalue weighted by atomic mass is 9.94. The number of nitrogens with zero attached hydrogens (tertiary/aromatic N) is 1. The Bertz CT molecular complexity index is 457. The summed E-state index contributed by atoms with van der Waals surface area (Å²) in [7, 11) is 0. The van der Waals surface area contributed by atoms with Gasteiger partial charge in [-0.25, -0.2) is 0 Å². The van der Waals surface area contributed by atoms with Crippen LogP contribution in [0.5, 0.6) is 0 Å². The summed E-state index contributed by atoms with van der Waals surface area (Å²) in [5.41, 5.74) is 8.55. The van der Waals surface area contributed by atoms with Gasteiger partial charge in [0.05, 0.1) is 11.3 Å². The van der Waals surface area contributed by atoms with Crippen LogP contribution in [-0.2, 0) is 0 Å². The summed E-state index contributed by atoms with van der Waals surface area (Å²) >= 11 is 0. The van der Waals surface area contributed by atoms with Crippen LogP contribution in [0.2, 0.25) is 0 Å². The summed E-state index contributed by atoms with van der Waals surface area (Å²) in [5, 5.41) is 12.6. The van der Waals surface area contributed by atoms with E-state index in [4.69, 9.17) is 11.0 Å². The summed E-state index contributed by atoms with van der Waals surface area (Å²) in [6.45, 7) is 4.77. The molecule has 17 heavy (non-hydrogen) atoms. The lowest BCUT2D eigenvalue weighted by Gasteiger charge is -2.31. The highest BCUT2D eigenvalue weighted by atomic mass is 15.0. The third-order valence-corrected chi connectivity index (χ3v) is 3.62. The number of hydrogen-bond donors (Lipinski definition) is 2. The second-order valence-corrected chi connectivity index (χ2v) is 5.18. The molecule has 1 aliphatic rings. The van der Waals surface area contributed by atoms with Gasteiger partial charge in [0.15, 0.2) is 0 Å². The Morgan fingerprint density at radius 1 is 1.53 bits per heavy atom. The monoisotopic (exact) mass is 229 g/mol. The zero-order valence-corrected chi connectivity index (χ0v) is 10.5. The summed E-state index contributed by atoms with van der Waals surface area (Å²) in [5.74, 6) is 0.638. The number of nitriles is 1. The molecule has 0 heterocycles. The van der Waals surface area contributed by atoms with Gasteiger partial charge in [0, 0.05) is 12.1 Å². The molecule has 1 unspecified atom stereocenters. The SMILES string of the molecule is Cc1ccc(C#N)c(NC(C)(CN)C2CC2)c1. The molecule has 0 amide bonds. The quantitative estimate of drug-likeness (QED) is 0.833. The number of hydrogen-bond acceptors (Lipinski definition) is 3. The van der Waals surface area contributed by atoms with Crippen LogP contribution in [-0.4, -0.2) is 12.1 Å². The third kappa shape index (κ3) is 2.42. The van der Waals surface area contributed by atoms with Crippen molar-refractivity contribution >= 4 is 5.69 Å². The fourth-order valence-corrected chi connectivity index (χ4v) is 2.21. The van der Waals surface area contributed by atoms with Gasteiger partial charge in [0.2, 0.25) is 0 Å². The minimum Gasteiger partial charge on any atom is -0.377 e. The Hall–Kier alpha value is -1.53. The molecular weight excluding hydrogens is 210 g/mol. The average molecular weight is 229 g/mol. The lowest BCUT2D eigenvalue weighted by Crippen LogP contribution is -2.44. The highest BCUT2D eigenvalue weighted by Gasteiger charge is 2.40. The highest BCUT2D eigenvalue weighted by molar-refractivity contribution is 5.60. The summed E-state index contributed by atoms with van der Waals surface area (Å²) < 4.78 is 0. The Morgan fingerprint density at radius 2 is 2.24 bits per heavy atom. The molecule has 1 aromatic rings. The van der Waals surface area contributed by atoms with E-state index < -0.39 is 0 Å². The maximum absolute atomic E-state index is 9.11. The van der Waals surface area contributed by atoms with Crippen LogP contribution < -0.4 is 11.1 Å². The first-order valence-electron chi connectivity index (χ1n) is 6.08. The van der Waals surface area contributed by atoms with Crippen LogP contribution in [0.25, 0.3) is 0 Å². The topological polar surface area (TPSA) is 61.8 Å². The van der Waals surface area contributed by atoms with Crippen LogP contribution in [0.1, 0.15) is 30.9 Å². The molecule has 3 heteroatoms. The van der Waals surface area contributed by atoms with Gasteiger partial charge in [-0.2, -0.15) is 5.26 Å². The average Bonchev–Trinajstić information content (AvgIpc) is 3.13. The molecule has 0 bridgehead atoms. The molecule has 0 saturated heterocycles. The number of nitrogens with one attached hydrogen (secondary N) is 1. The Kier molecular flexibility index (Phi) is 3.08. The van der Waals surface area contributed by atoms with E-state index in [1.165, 1.54) is 12.8 Å². The van der Waals surface area contributed by atoms with Crippen LogP contribution in [0.3, 0.4) is 0 Å². The molecule has 0 spiro atoms. The summed E-state index contributed by atoms with van der Waals surface area (Å²) in [6, 6.07) is 8.07. The molecule has 0 aromatic heterocycles. The smallest absolute Gasteiger partial charge is 0.101 e. The number of rotatable bonds is 4. The minimum absolute atomic E-state index is 0.0839. The first-order chi connectivity index (χ1) is 8.09. The van der Waals surface area contributed by atoms with E-state index in [2.05, 4.69) is 18.3 Å². The van der Waals surface area contributed by atoms with Gasteiger partial charge < -0.3 is 11.1 Å². The van der Waals surface area contributed by atoms with Gasteiger partial charge in [-0.3, -0.25) is 0 Å². The fraction of sp³-hybridized carbons (Fsp3) is 0.500. The van der Waals surface area contributed by atoms with E-state index in [1.54, 1.807) is 0 Å². The third-order valence-electron chi connectivity index (χ3n) is 3.62. The molecule has 1 fully saturated rings. The maximum atomic E-state index is 9.11. The van der Waals surface area contributed by atoms with Crippen molar-refractivity contribution in [1.82, 2.24) is 0 Å². The van der Waals surface area contributed by atoms with Crippen molar-refractivity contribution in [1.29, 1.82) is 5.26 Å². The number of anilines is 1. The van der Waals surface area contributed by atoms with E-state index in [0.717, 1.165) is 11.3 Å². The second kappa shape index (κ2) is 4.38. The van der Waals surface area contributed by atoms with Crippen LogP contribution in [0.4, 0.5) is 5.69 Å². The Balaban J connectivity index is 2.28. The summed E-state index contributed by atoms with van der Waals surface area (Å²) in [4.78, 5) is 0. The standard InChI is InChI=1S/C14H19N3/c1-10-3-4-11(8-15)13(7-10)17-14(2,9-16)12-5-6-12/h3-4,7,12,17H,5-6,9,16H2,1-2H3. The van der Waals surface area contributed by atoms with Gasteiger partial charge in [0.1, 0.15) is 6.07 Å². The van der Waals surface area contributed by atoms with Crippen LogP contribution in [0.15, 0.2) is 18.2 Å². The van der Waals surface area contributed by atoms with Crippen molar-refractivity contribution in [3.8, 4) is 6.07 Å². The first-order valence-corrected chi connectivity index (χ1v) is 6.08. The second-order valence-electron chi connectivity index (χ2n) is 5.18. The molecule has 90 valence electrons. The van der Waals surface area contributed by atoms with Gasteiger partial charge in [-0.1, -0.05) is 6.07 Å². The van der Waals surface area contributed by atoms with E-state index in [9.17, 15) is 0 Å². The molecule has 1 atom stereocenters. The molecule has 1 saturated carbocycles. The zero-order chi connectivity index (χ0) is 12.5. The van der Waals surface area contributed by atoms with E-state index in [1.807, 2.05) is 25.1 Å².